The van der Waals surface area contributed by atoms with Crippen LogP contribution in [0.15, 0.2) is 41.8 Å². The SMILES string of the molecule is CSc1ncc(CN[C@H]2CC(=O)N(CCc3ccc(F)cc3)C2)cn1. The molecule has 7 heteroatoms. The lowest BCUT2D eigenvalue weighted by atomic mass is 10.1. The number of nitrogens with one attached hydrogen (secondary N) is 1. The molecule has 3 rings (SSSR count). The average Bonchev–Trinajstić information content (AvgIpc) is 3.00. The Morgan fingerprint density at radius 1 is 1.24 bits per heavy atom. The summed E-state index contributed by atoms with van der Waals surface area (Å²) in [5.74, 6) is -0.0756. The van der Waals surface area contributed by atoms with Crippen molar-refractivity contribution in [2.75, 3.05) is 19.3 Å². The van der Waals surface area contributed by atoms with E-state index in [1.807, 2.05) is 23.5 Å². The molecule has 0 unspecified atom stereocenters. The van der Waals surface area contributed by atoms with Gasteiger partial charge in [-0.2, -0.15) is 0 Å². The van der Waals surface area contributed by atoms with E-state index in [1.54, 1.807) is 12.1 Å². The van der Waals surface area contributed by atoms with E-state index in [0.717, 1.165) is 22.7 Å². The van der Waals surface area contributed by atoms with E-state index >= 15 is 0 Å². The topological polar surface area (TPSA) is 58.1 Å². The van der Waals surface area contributed by atoms with Gasteiger partial charge in [-0.15, -0.1) is 0 Å². The first-order valence-electron chi connectivity index (χ1n) is 8.24. The van der Waals surface area contributed by atoms with Gasteiger partial charge < -0.3 is 10.2 Å². The fourth-order valence-electron chi connectivity index (χ4n) is 2.84. The van der Waals surface area contributed by atoms with Gasteiger partial charge in [-0.05, 0) is 30.4 Å². The van der Waals surface area contributed by atoms with Crippen molar-refractivity contribution < 1.29 is 9.18 Å². The molecule has 1 saturated heterocycles. The van der Waals surface area contributed by atoms with Crippen LogP contribution in [0, 0.1) is 5.82 Å². The van der Waals surface area contributed by atoms with Crippen molar-refractivity contribution in [1.82, 2.24) is 20.2 Å². The maximum absolute atomic E-state index is 12.9. The van der Waals surface area contributed by atoms with Crippen molar-refractivity contribution in [2.24, 2.45) is 0 Å². The molecule has 1 atom stereocenters. The molecule has 1 amide bonds. The molecule has 25 heavy (non-hydrogen) atoms. The van der Waals surface area contributed by atoms with Gasteiger partial charge in [0.1, 0.15) is 5.82 Å². The smallest absolute Gasteiger partial charge is 0.224 e. The molecule has 1 aliphatic heterocycles. The molecule has 1 N–H and O–H groups in total. The van der Waals surface area contributed by atoms with E-state index in [-0.39, 0.29) is 17.8 Å². The number of hydrogen-bond donors (Lipinski definition) is 1. The summed E-state index contributed by atoms with van der Waals surface area (Å²) in [5.41, 5.74) is 2.05. The second-order valence-electron chi connectivity index (χ2n) is 6.08. The summed E-state index contributed by atoms with van der Waals surface area (Å²) in [6.45, 7) is 2.01. The van der Waals surface area contributed by atoms with Gasteiger partial charge in [0, 0.05) is 50.1 Å². The van der Waals surface area contributed by atoms with Crippen LogP contribution >= 0.6 is 11.8 Å². The Kier molecular flexibility index (Phi) is 5.99. The van der Waals surface area contributed by atoms with Gasteiger partial charge >= 0.3 is 0 Å². The van der Waals surface area contributed by atoms with Gasteiger partial charge in [-0.25, -0.2) is 14.4 Å². The minimum absolute atomic E-state index is 0.140. The molecule has 0 bridgehead atoms. The number of hydrogen-bond acceptors (Lipinski definition) is 5. The molecule has 0 saturated carbocycles. The zero-order chi connectivity index (χ0) is 17.6. The van der Waals surface area contributed by atoms with Crippen LogP contribution in [0.25, 0.3) is 0 Å². The Balaban J connectivity index is 1.45. The van der Waals surface area contributed by atoms with Crippen molar-refractivity contribution in [3.05, 3.63) is 53.6 Å². The molecule has 2 aromatic rings. The summed E-state index contributed by atoms with van der Waals surface area (Å²) >= 11 is 1.51. The number of rotatable bonds is 7. The van der Waals surface area contributed by atoms with Crippen molar-refractivity contribution in [1.29, 1.82) is 0 Å². The van der Waals surface area contributed by atoms with Crippen LogP contribution in [-0.4, -0.2) is 46.2 Å². The molecular formula is C18H21FN4OS. The van der Waals surface area contributed by atoms with E-state index in [4.69, 9.17) is 0 Å². The van der Waals surface area contributed by atoms with Crippen LogP contribution in [-0.2, 0) is 17.8 Å². The Morgan fingerprint density at radius 2 is 1.96 bits per heavy atom. The molecule has 2 heterocycles. The van der Waals surface area contributed by atoms with E-state index in [0.29, 0.717) is 26.1 Å². The summed E-state index contributed by atoms with van der Waals surface area (Å²) < 4.78 is 12.9. The van der Waals surface area contributed by atoms with Crippen molar-refractivity contribution in [3.8, 4) is 0 Å². The predicted octanol–water partition coefficient (Wildman–Crippen LogP) is 2.27. The summed E-state index contributed by atoms with van der Waals surface area (Å²) in [7, 11) is 0. The summed E-state index contributed by atoms with van der Waals surface area (Å²) in [6.07, 6.45) is 6.82. The molecule has 0 spiro atoms. The summed E-state index contributed by atoms with van der Waals surface area (Å²) in [6, 6.07) is 6.58. The van der Waals surface area contributed by atoms with E-state index in [1.165, 1.54) is 23.9 Å². The lowest BCUT2D eigenvalue weighted by molar-refractivity contribution is -0.127. The highest BCUT2D eigenvalue weighted by Crippen LogP contribution is 2.14. The van der Waals surface area contributed by atoms with Gasteiger partial charge in [0.15, 0.2) is 5.16 Å². The highest BCUT2D eigenvalue weighted by molar-refractivity contribution is 7.98. The summed E-state index contributed by atoms with van der Waals surface area (Å²) in [5, 5.41) is 4.16. The van der Waals surface area contributed by atoms with Gasteiger partial charge in [-0.1, -0.05) is 23.9 Å². The number of benzene rings is 1. The van der Waals surface area contributed by atoms with E-state index in [2.05, 4.69) is 15.3 Å². The van der Waals surface area contributed by atoms with Gasteiger partial charge in [0.2, 0.25) is 5.91 Å². The van der Waals surface area contributed by atoms with Crippen molar-refractivity contribution in [3.63, 3.8) is 0 Å². The van der Waals surface area contributed by atoms with E-state index in [9.17, 15) is 9.18 Å². The Morgan fingerprint density at radius 3 is 2.64 bits per heavy atom. The third kappa shape index (κ3) is 4.99. The number of thioether (sulfide) groups is 1. The normalized spacial score (nSPS) is 17.3. The Hall–Kier alpha value is -1.99. The minimum Gasteiger partial charge on any atom is -0.341 e. The molecule has 1 fully saturated rings. The number of nitrogens with zero attached hydrogens (tertiary/aromatic N) is 3. The number of carbonyl (C=O) groups excluding carboxylic acids is 1. The second kappa shape index (κ2) is 8.40. The highest BCUT2D eigenvalue weighted by Gasteiger charge is 2.28. The first kappa shape index (κ1) is 17.8. The van der Waals surface area contributed by atoms with Crippen LogP contribution in [0.5, 0.6) is 0 Å². The Labute approximate surface area is 151 Å². The largest absolute Gasteiger partial charge is 0.341 e. The molecule has 1 aromatic carbocycles. The first-order valence-corrected chi connectivity index (χ1v) is 9.47. The second-order valence-corrected chi connectivity index (χ2v) is 6.85. The van der Waals surface area contributed by atoms with Gasteiger partial charge in [0.05, 0.1) is 0 Å². The standard InChI is InChI=1S/C18H21FN4OS/c1-25-18-21-10-14(11-22-18)9-20-16-8-17(24)23(12-16)7-6-13-2-4-15(19)5-3-13/h2-5,10-11,16,20H,6-9,12H2,1H3/t16-/m0/s1. The zero-order valence-electron chi connectivity index (χ0n) is 14.1. The zero-order valence-corrected chi connectivity index (χ0v) is 14.9. The average molecular weight is 360 g/mol. The molecule has 132 valence electrons. The van der Waals surface area contributed by atoms with Gasteiger partial charge in [-0.3, -0.25) is 4.79 Å². The molecular weight excluding hydrogens is 339 g/mol. The molecule has 0 radical (unpaired) electrons. The lowest BCUT2D eigenvalue weighted by Crippen LogP contribution is -2.33. The molecule has 1 aromatic heterocycles. The third-order valence-electron chi connectivity index (χ3n) is 4.26. The Bertz CT molecular complexity index is 708. The van der Waals surface area contributed by atoms with E-state index < -0.39 is 0 Å². The van der Waals surface area contributed by atoms with Crippen LogP contribution in [0.1, 0.15) is 17.5 Å². The van der Waals surface area contributed by atoms with Crippen LogP contribution < -0.4 is 5.32 Å². The monoisotopic (exact) mass is 360 g/mol. The van der Waals surface area contributed by atoms with Crippen LogP contribution in [0.3, 0.4) is 0 Å². The first-order chi connectivity index (χ1) is 12.1. The fourth-order valence-corrected chi connectivity index (χ4v) is 3.16. The molecule has 1 aliphatic rings. The number of likely N-dealkylation sites (tertiary alicyclic amines) is 1. The summed E-state index contributed by atoms with van der Waals surface area (Å²) in [4.78, 5) is 22.5. The van der Waals surface area contributed by atoms with Crippen molar-refractivity contribution in [2.45, 2.75) is 30.6 Å². The van der Waals surface area contributed by atoms with Crippen LogP contribution in [0.4, 0.5) is 4.39 Å². The maximum Gasteiger partial charge on any atom is 0.224 e. The number of amides is 1. The molecule has 5 nitrogen and oxygen atoms in total. The molecule has 0 aliphatic carbocycles. The maximum atomic E-state index is 12.9. The van der Waals surface area contributed by atoms with Gasteiger partial charge in [0.25, 0.3) is 0 Å². The number of halogens is 1. The van der Waals surface area contributed by atoms with Crippen molar-refractivity contribution >= 4 is 17.7 Å². The fraction of sp³-hybridized carbons (Fsp3) is 0.389. The quantitative estimate of drug-likeness (QED) is 0.606. The highest BCUT2D eigenvalue weighted by atomic mass is 32.2. The number of aromatic nitrogens is 2. The predicted molar refractivity (Wildman–Crippen MR) is 95.7 cm³/mol. The lowest BCUT2D eigenvalue weighted by Gasteiger charge is -2.17. The minimum atomic E-state index is -0.236. The number of carbonyl (C=O) groups is 1. The van der Waals surface area contributed by atoms with Crippen LogP contribution in [0.2, 0.25) is 0 Å². The third-order valence-corrected chi connectivity index (χ3v) is 4.83.